The molecule has 0 fully saturated rings. The molecule has 0 saturated carbocycles. The number of hydrazone groups is 1. The third kappa shape index (κ3) is 5.50. The highest BCUT2D eigenvalue weighted by atomic mass is 35.5. The van der Waals surface area contributed by atoms with Crippen LogP contribution in [0.3, 0.4) is 0 Å². The number of nitrogens with one attached hydrogen (secondary N) is 1. The van der Waals surface area contributed by atoms with Gasteiger partial charge in [-0.2, -0.15) is 5.10 Å². The van der Waals surface area contributed by atoms with Gasteiger partial charge >= 0.3 is 0 Å². The van der Waals surface area contributed by atoms with Gasteiger partial charge in [-0.3, -0.25) is 9.10 Å². The largest absolute Gasteiger partial charge is 0.495 e. The smallest absolute Gasteiger partial charge is 0.264 e. The minimum atomic E-state index is -4.14. The third-order valence-corrected chi connectivity index (χ3v) is 7.03. The van der Waals surface area contributed by atoms with Crippen molar-refractivity contribution >= 4 is 39.4 Å². The lowest BCUT2D eigenvalue weighted by Crippen LogP contribution is -2.39. The average molecular weight is 516 g/mol. The van der Waals surface area contributed by atoms with E-state index >= 15 is 0 Å². The molecule has 182 valence electrons. The summed E-state index contributed by atoms with van der Waals surface area (Å²) in [5, 5.41) is 4.25. The van der Waals surface area contributed by atoms with Gasteiger partial charge < -0.3 is 14.2 Å². The Balaban J connectivity index is 1.60. The SMILES string of the molecule is COc1ccc(Cl)cc1N(CC(=O)N/N=C\c1cccc2c1OCCO2)S(=O)(=O)c1ccccc1. The van der Waals surface area contributed by atoms with Crippen molar-refractivity contribution in [2.45, 2.75) is 4.90 Å². The van der Waals surface area contributed by atoms with Gasteiger partial charge in [-0.15, -0.1) is 0 Å². The van der Waals surface area contributed by atoms with E-state index in [1.165, 1.54) is 37.6 Å². The zero-order valence-corrected chi connectivity index (χ0v) is 20.3. The molecule has 1 aliphatic rings. The fourth-order valence-electron chi connectivity index (χ4n) is 3.41. The van der Waals surface area contributed by atoms with E-state index in [4.69, 9.17) is 25.8 Å². The van der Waals surface area contributed by atoms with Crippen LogP contribution in [-0.2, 0) is 14.8 Å². The van der Waals surface area contributed by atoms with Crippen LogP contribution >= 0.6 is 11.6 Å². The molecular weight excluding hydrogens is 494 g/mol. The van der Waals surface area contributed by atoms with Gasteiger partial charge in [0.05, 0.1) is 23.9 Å². The number of fused-ring (bicyclic) bond motifs is 1. The lowest BCUT2D eigenvalue weighted by atomic mass is 10.2. The molecule has 4 rings (SSSR count). The summed E-state index contributed by atoms with van der Waals surface area (Å²) >= 11 is 6.14. The maximum absolute atomic E-state index is 13.5. The second kappa shape index (κ2) is 10.7. The molecule has 0 radical (unpaired) electrons. The average Bonchev–Trinajstić information content (AvgIpc) is 2.88. The number of amides is 1. The Morgan fingerprint density at radius 2 is 1.89 bits per heavy atom. The summed E-state index contributed by atoms with van der Waals surface area (Å²) in [4.78, 5) is 12.8. The minimum Gasteiger partial charge on any atom is -0.495 e. The number of carbonyl (C=O) groups is 1. The Labute approximate surface area is 207 Å². The molecule has 1 amide bonds. The number of ether oxygens (including phenoxy) is 3. The van der Waals surface area contributed by atoms with Crippen LogP contribution in [0.5, 0.6) is 17.2 Å². The standard InChI is InChI=1S/C24H22ClN3O6S/c1-32-21-11-10-18(25)14-20(21)28(35(30,31)19-7-3-2-4-8-19)16-23(29)27-26-15-17-6-5-9-22-24(17)34-13-12-33-22/h2-11,14-15H,12-13,16H2,1H3,(H,27,29)/b26-15-. The van der Waals surface area contributed by atoms with E-state index in [2.05, 4.69) is 10.5 Å². The Hall–Kier alpha value is -3.76. The van der Waals surface area contributed by atoms with Gasteiger partial charge in [0.15, 0.2) is 11.5 Å². The maximum Gasteiger partial charge on any atom is 0.264 e. The fraction of sp³-hybridized carbons (Fsp3) is 0.167. The van der Waals surface area contributed by atoms with E-state index in [1.807, 2.05) is 0 Å². The fourth-order valence-corrected chi connectivity index (χ4v) is 5.03. The van der Waals surface area contributed by atoms with Crippen molar-refractivity contribution in [1.82, 2.24) is 5.43 Å². The zero-order valence-electron chi connectivity index (χ0n) is 18.7. The molecule has 0 aromatic heterocycles. The van der Waals surface area contributed by atoms with Crippen molar-refractivity contribution in [2.75, 3.05) is 31.2 Å². The molecule has 9 nitrogen and oxygen atoms in total. The molecule has 1 aliphatic heterocycles. The van der Waals surface area contributed by atoms with Crippen molar-refractivity contribution in [1.29, 1.82) is 0 Å². The number of nitrogens with zero attached hydrogens (tertiary/aromatic N) is 2. The van der Waals surface area contributed by atoms with Crippen LogP contribution in [0.15, 0.2) is 76.7 Å². The molecule has 0 atom stereocenters. The normalized spacial score (nSPS) is 12.9. The number of halogens is 1. The summed E-state index contributed by atoms with van der Waals surface area (Å²) in [7, 11) is -2.74. The molecular formula is C24H22ClN3O6S. The van der Waals surface area contributed by atoms with Crippen molar-refractivity contribution in [3.8, 4) is 17.2 Å². The highest BCUT2D eigenvalue weighted by Crippen LogP contribution is 2.35. The Kier molecular flexibility index (Phi) is 7.42. The number of anilines is 1. The summed E-state index contributed by atoms with van der Waals surface area (Å²) in [6, 6.07) is 17.6. The van der Waals surface area contributed by atoms with E-state index in [-0.39, 0.29) is 21.4 Å². The Bertz CT molecular complexity index is 1350. The van der Waals surface area contributed by atoms with Crippen LogP contribution in [0.4, 0.5) is 5.69 Å². The first-order chi connectivity index (χ1) is 16.9. The van der Waals surface area contributed by atoms with Gasteiger partial charge in [0.2, 0.25) is 0 Å². The van der Waals surface area contributed by atoms with Crippen LogP contribution in [0.2, 0.25) is 5.02 Å². The molecule has 11 heteroatoms. The number of para-hydroxylation sites is 1. The van der Waals surface area contributed by atoms with Crippen molar-refractivity contribution in [3.63, 3.8) is 0 Å². The van der Waals surface area contributed by atoms with E-state index < -0.39 is 22.5 Å². The number of hydrogen-bond acceptors (Lipinski definition) is 7. The number of methoxy groups -OCH3 is 1. The molecule has 35 heavy (non-hydrogen) atoms. The molecule has 0 unspecified atom stereocenters. The lowest BCUT2D eigenvalue weighted by Gasteiger charge is -2.25. The van der Waals surface area contributed by atoms with Gasteiger partial charge in [-0.1, -0.05) is 35.9 Å². The van der Waals surface area contributed by atoms with Crippen molar-refractivity contribution in [3.05, 3.63) is 77.3 Å². The van der Waals surface area contributed by atoms with Gasteiger partial charge in [0.1, 0.15) is 25.5 Å². The van der Waals surface area contributed by atoms with Gasteiger partial charge in [-0.05, 0) is 42.5 Å². The van der Waals surface area contributed by atoms with Crippen LogP contribution in [-0.4, -0.2) is 47.4 Å². The predicted molar refractivity (Wildman–Crippen MR) is 132 cm³/mol. The summed E-state index contributed by atoms with van der Waals surface area (Å²) in [6.45, 7) is 0.277. The molecule has 3 aromatic carbocycles. The summed E-state index contributed by atoms with van der Waals surface area (Å²) < 4.78 is 44.4. The Morgan fingerprint density at radius 1 is 1.11 bits per heavy atom. The molecule has 1 heterocycles. The molecule has 3 aromatic rings. The number of hydrogen-bond donors (Lipinski definition) is 1. The summed E-state index contributed by atoms with van der Waals surface area (Å²) in [5.74, 6) is 0.663. The first-order valence-electron chi connectivity index (χ1n) is 10.5. The molecule has 0 saturated heterocycles. The van der Waals surface area contributed by atoms with E-state index in [1.54, 1.807) is 42.5 Å². The van der Waals surface area contributed by atoms with Gasteiger partial charge in [-0.25, -0.2) is 13.8 Å². The van der Waals surface area contributed by atoms with E-state index in [9.17, 15) is 13.2 Å². The van der Waals surface area contributed by atoms with Crippen LogP contribution < -0.4 is 23.9 Å². The topological polar surface area (TPSA) is 107 Å². The van der Waals surface area contributed by atoms with Crippen LogP contribution in [0, 0.1) is 0 Å². The highest BCUT2D eigenvalue weighted by Gasteiger charge is 2.29. The number of carbonyl (C=O) groups excluding carboxylic acids is 1. The second-order valence-electron chi connectivity index (χ2n) is 7.31. The zero-order chi connectivity index (χ0) is 24.8. The molecule has 0 bridgehead atoms. The van der Waals surface area contributed by atoms with Gasteiger partial charge in [0.25, 0.3) is 15.9 Å². The number of rotatable bonds is 8. The van der Waals surface area contributed by atoms with E-state index in [0.29, 0.717) is 30.3 Å². The summed E-state index contributed by atoms with van der Waals surface area (Å²) in [5.41, 5.74) is 3.09. The second-order valence-corrected chi connectivity index (χ2v) is 9.60. The van der Waals surface area contributed by atoms with Crippen molar-refractivity contribution < 1.29 is 27.4 Å². The minimum absolute atomic E-state index is 0.00592. The van der Waals surface area contributed by atoms with Gasteiger partial charge in [0, 0.05) is 10.6 Å². The predicted octanol–water partition coefficient (Wildman–Crippen LogP) is 3.47. The lowest BCUT2D eigenvalue weighted by molar-refractivity contribution is -0.119. The highest BCUT2D eigenvalue weighted by molar-refractivity contribution is 7.92. The molecule has 0 spiro atoms. The first kappa shape index (κ1) is 24.4. The summed E-state index contributed by atoms with van der Waals surface area (Å²) in [6.07, 6.45) is 1.40. The van der Waals surface area contributed by atoms with Crippen molar-refractivity contribution in [2.24, 2.45) is 5.10 Å². The molecule has 0 aliphatic carbocycles. The monoisotopic (exact) mass is 515 g/mol. The Morgan fingerprint density at radius 3 is 2.66 bits per heavy atom. The maximum atomic E-state index is 13.5. The first-order valence-corrected chi connectivity index (χ1v) is 12.3. The molecule has 1 N–H and O–H groups in total. The number of benzene rings is 3. The quantitative estimate of drug-likeness (QED) is 0.364. The number of sulfonamides is 1. The van der Waals surface area contributed by atoms with Crippen LogP contribution in [0.1, 0.15) is 5.56 Å². The van der Waals surface area contributed by atoms with Crippen LogP contribution in [0.25, 0.3) is 0 Å². The third-order valence-electron chi connectivity index (χ3n) is 5.02. The van der Waals surface area contributed by atoms with E-state index in [0.717, 1.165) is 4.31 Å².